The van der Waals surface area contributed by atoms with Crippen LogP contribution >= 0.6 is 0 Å². The van der Waals surface area contributed by atoms with E-state index in [1.54, 1.807) is 0 Å². The Hall–Kier alpha value is -2.38. The lowest BCUT2D eigenvalue weighted by molar-refractivity contribution is 0.0958. The molecule has 0 spiro atoms. The number of carbonyl (C=O) groups is 1. The topological polar surface area (TPSA) is 71.8 Å². The molecule has 0 unspecified atom stereocenters. The molecule has 0 atom stereocenters. The first-order valence-electron chi connectivity index (χ1n) is 8.79. The number of hydrogen-bond donors (Lipinski definition) is 1. The summed E-state index contributed by atoms with van der Waals surface area (Å²) in [7, 11) is 0. The van der Waals surface area contributed by atoms with Gasteiger partial charge in [0.15, 0.2) is 5.78 Å². The summed E-state index contributed by atoms with van der Waals surface area (Å²) in [5.74, 6) is 0.627. The van der Waals surface area contributed by atoms with Gasteiger partial charge in [0, 0.05) is 22.6 Å². The van der Waals surface area contributed by atoms with Crippen LogP contribution in [0.5, 0.6) is 0 Å². The van der Waals surface area contributed by atoms with Crippen LogP contribution in [-0.4, -0.2) is 16.9 Å². The van der Waals surface area contributed by atoms with Gasteiger partial charge in [-0.1, -0.05) is 13.8 Å². The first-order chi connectivity index (χ1) is 11.8. The van der Waals surface area contributed by atoms with Crippen molar-refractivity contribution >= 4 is 5.78 Å². The molecule has 1 heterocycles. The fourth-order valence-corrected chi connectivity index (χ4v) is 4.20. The minimum atomic E-state index is -0.0277. The van der Waals surface area contributed by atoms with E-state index in [0.717, 1.165) is 23.5 Å². The minimum Gasteiger partial charge on any atom is -0.324 e. The highest BCUT2D eigenvalue weighted by Gasteiger charge is 2.36. The Morgan fingerprint density at radius 1 is 1.32 bits per heavy atom. The van der Waals surface area contributed by atoms with Gasteiger partial charge in [0.25, 0.3) is 0 Å². The van der Waals surface area contributed by atoms with Crippen LogP contribution < -0.4 is 5.73 Å². The fraction of sp³-hybridized carbons (Fsp3) is 0.429. The minimum absolute atomic E-state index is 0.0219. The Bertz CT molecular complexity index is 829. The van der Waals surface area contributed by atoms with Crippen LogP contribution in [0.1, 0.15) is 54.0 Å². The molecule has 1 saturated carbocycles. The molecule has 0 amide bonds. The highest BCUT2D eigenvalue weighted by atomic mass is 16.1. The number of carbonyl (C=O) groups excluding carboxylic acids is 1. The molecule has 0 saturated heterocycles. The molecule has 4 heteroatoms. The van der Waals surface area contributed by atoms with Gasteiger partial charge in [-0.3, -0.25) is 4.79 Å². The summed E-state index contributed by atoms with van der Waals surface area (Å²) in [6.45, 7) is 6.60. The van der Waals surface area contributed by atoms with E-state index >= 15 is 0 Å². The number of nitriles is 1. The van der Waals surface area contributed by atoms with Crippen molar-refractivity contribution < 1.29 is 4.79 Å². The molecule has 130 valence electrons. The normalized spacial score (nSPS) is 16.3. The van der Waals surface area contributed by atoms with E-state index < -0.39 is 0 Å². The van der Waals surface area contributed by atoms with Gasteiger partial charge in [-0.15, -0.1) is 0 Å². The maximum absolute atomic E-state index is 12.2. The van der Waals surface area contributed by atoms with Gasteiger partial charge in [-0.2, -0.15) is 5.26 Å². The lowest BCUT2D eigenvalue weighted by Crippen LogP contribution is -2.33. The first kappa shape index (κ1) is 17.4. The Morgan fingerprint density at radius 3 is 2.48 bits per heavy atom. The summed E-state index contributed by atoms with van der Waals surface area (Å²) < 4.78 is 2.15. The maximum Gasteiger partial charge on any atom is 0.178 e. The molecule has 1 fully saturated rings. The molecule has 2 aromatic rings. The van der Waals surface area contributed by atoms with Crippen LogP contribution in [-0.2, 0) is 6.42 Å². The highest BCUT2D eigenvalue weighted by Crippen LogP contribution is 2.46. The van der Waals surface area contributed by atoms with Gasteiger partial charge in [0.2, 0.25) is 0 Å². The number of Topliss-reactive ketones (excluding diaryl/α,β-unsaturated/α-hetero) is 1. The summed E-state index contributed by atoms with van der Waals surface area (Å²) >= 11 is 0. The molecule has 0 radical (unpaired) electrons. The third kappa shape index (κ3) is 3.38. The van der Waals surface area contributed by atoms with E-state index in [2.05, 4.69) is 24.5 Å². The van der Waals surface area contributed by atoms with Crippen molar-refractivity contribution in [3.8, 4) is 11.8 Å². The summed E-state index contributed by atoms with van der Waals surface area (Å²) in [5.41, 5.74) is 10.4. The van der Waals surface area contributed by atoms with Crippen LogP contribution in [0.2, 0.25) is 0 Å². The largest absolute Gasteiger partial charge is 0.324 e. The molecule has 25 heavy (non-hydrogen) atoms. The molecule has 1 aromatic heterocycles. The van der Waals surface area contributed by atoms with Crippen molar-refractivity contribution in [3.05, 3.63) is 52.8 Å². The van der Waals surface area contributed by atoms with Gasteiger partial charge in [-0.05, 0) is 67.9 Å². The second kappa shape index (κ2) is 6.50. The predicted molar refractivity (Wildman–Crippen MR) is 98.8 cm³/mol. The Morgan fingerprint density at radius 2 is 1.96 bits per heavy atom. The quantitative estimate of drug-likeness (QED) is 0.845. The van der Waals surface area contributed by atoms with Crippen LogP contribution in [0.4, 0.5) is 0 Å². The lowest BCUT2D eigenvalue weighted by atomic mass is 9.63. The van der Waals surface area contributed by atoms with Crippen molar-refractivity contribution in [2.24, 2.45) is 17.1 Å². The molecule has 4 nitrogen and oxygen atoms in total. The average Bonchev–Trinajstić information content (AvgIpc) is 2.89. The Balaban J connectivity index is 2.00. The van der Waals surface area contributed by atoms with Gasteiger partial charge in [0.1, 0.15) is 0 Å². The lowest BCUT2D eigenvalue weighted by Gasteiger charge is -2.42. The number of nitrogens with two attached hydrogens (primary N) is 1. The number of ketones is 1. The number of aromatic nitrogens is 1. The van der Waals surface area contributed by atoms with Crippen molar-refractivity contribution in [1.29, 1.82) is 5.26 Å². The van der Waals surface area contributed by atoms with E-state index in [9.17, 15) is 4.79 Å². The number of rotatable bonds is 5. The summed E-state index contributed by atoms with van der Waals surface area (Å²) in [5, 5.41) is 9.01. The average molecular weight is 335 g/mol. The maximum atomic E-state index is 12.2. The molecule has 0 aliphatic heterocycles. The van der Waals surface area contributed by atoms with E-state index in [0.29, 0.717) is 22.5 Å². The van der Waals surface area contributed by atoms with E-state index in [-0.39, 0.29) is 12.3 Å². The number of nitrogens with zero attached hydrogens (tertiary/aromatic N) is 2. The molecule has 1 aliphatic rings. The summed E-state index contributed by atoms with van der Waals surface area (Å²) in [6.07, 6.45) is 3.39. The number of hydrogen-bond acceptors (Lipinski definition) is 3. The zero-order valence-corrected chi connectivity index (χ0v) is 15.2. The first-order valence-corrected chi connectivity index (χ1v) is 8.79. The van der Waals surface area contributed by atoms with Crippen molar-refractivity contribution in [2.45, 2.75) is 40.0 Å². The second-order valence-corrected chi connectivity index (χ2v) is 7.90. The van der Waals surface area contributed by atoms with E-state index in [1.807, 2.05) is 37.3 Å². The molecular weight excluding hydrogens is 310 g/mol. The van der Waals surface area contributed by atoms with Crippen LogP contribution in [0.3, 0.4) is 0 Å². The molecule has 1 aliphatic carbocycles. The number of benzene rings is 1. The third-order valence-electron chi connectivity index (χ3n) is 5.24. The Kier molecular flexibility index (Phi) is 4.53. The van der Waals surface area contributed by atoms with Crippen molar-refractivity contribution in [1.82, 2.24) is 4.57 Å². The summed E-state index contributed by atoms with van der Waals surface area (Å²) in [6, 6.07) is 11.7. The van der Waals surface area contributed by atoms with Gasteiger partial charge in [-0.25, -0.2) is 0 Å². The molecule has 1 aromatic carbocycles. The molecule has 2 N–H and O–H groups in total. The molecule has 0 bridgehead atoms. The van der Waals surface area contributed by atoms with E-state index in [4.69, 9.17) is 11.0 Å². The van der Waals surface area contributed by atoms with Crippen molar-refractivity contribution in [2.75, 3.05) is 6.54 Å². The zero-order chi connectivity index (χ0) is 18.2. The predicted octanol–water partition coefficient (Wildman–Crippen LogP) is 3.78. The van der Waals surface area contributed by atoms with Crippen LogP contribution in [0, 0.1) is 29.6 Å². The summed E-state index contributed by atoms with van der Waals surface area (Å²) in [4.78, 5) is 12.2. The zero-order valence-electron chi connectivity index (χ0n) is 15.2. The van der Waals surface area contributed by atoms with Gasteiger partial charge in [0.05, 0.1) is 18.2 Å². The smallest absolute Gasteiger partial charge is 0.178 e. The highest BCUT2D eigenvalue weighted by molar-refractivity contribution is 5.99. The second-order valence-electron chi connectivity index (χ2n) is 7.90. The van der Waals surface area contributed by atoms with Gasteiger partial charge < -0.3 is 10.3 Å². The van der Waals surface area contributed by atoms with Crippen LogP contribution in [0.25, 0.3) is 5.69 Å². The van der Waals surface area contributed by atoms with Crippen LogP contribution in [0.15, 0.2) is 30.3 Å². The molecule has 3 rings (SSSR count). The monoisotopic (exact) mass is 335 g/mol. The van der Waals surface area contributed by atoms with Gasteiger partial charge >= 0.3 is 0 Å². The fourth-order valence-electron chi connectivity index (χ4n) is 4.20. The van der Waals surface area contributed by atoms with E-state index in [1.165, 1.54) is 12.8 Å². The van der Waals surface area contributed by atoms with Crippen molar-refractivity contribution in [3.63, 3.8) is 0 Å². The molecular formula is C21H25N3O. The standard InChI is InChI=1S/C21H25N3O/c1-14-19(20(25)13-23)9-18(8-16-10-21(2,3)11-16)24(14)17-6-4-15(12-22)5-7-17/h4-7,9,16H,8,10-11,13,23H2,1-3H3. The SMILES string of the molecule is Cc1c(C(=O)CN)cc(CC2CC(C)(C)C2)n1-c1ccc(C#N)cc1. The Labute approximate surface area is 149 Å². The third-order valence-corrected chi connectivity index (χ3v) is 5.24.